The lowest BCUT2D eigenvalue weighted by atomic mass is 10.2. The normalized spacial score (nSPS) is 12.1. The van der Waals surface area contributed by atoms with Crippen LogP contribution in [0, 0.1) is 12.9 Å². The summed E-state index contributed by atoms with van der Waals surface area (Å²) in [6.07, 6.45) is -2.98. The van der Waals surface area contributed by atoms with Crippen LogP contribution in [0.4, 0.5) is 13.2 Å². The smallest absolute Gasteiger partial charge is 0.223 e. The Morgan fingerprint density at radius 3 is 2.40 bits per heavy atom. The number of hydrogen-bond donors (Lipinski definition) is 1. The number of hydrogen-bond acceptors (Lipinski definition) is 3. The van der Waals surface area contributed by atoms with E-state index in [-0.39, 0.29) is 5.56 Å². The van der Waals surface area contributed by atoms with Crippen molar-refractivity contribution in [3.63, 3.8) is 0 Å². The maximum atomic E-state index is 12.7. The third-order valence-electron chi connectivity index (χ3n) is 1.74. The molecule has 0 saturated carbocycles. The number of nitrogens with two attached hydrogens (primary N) is 1. The Kier molecular flexibility index (Phi) is 3.00. The van der Waals surface area contributed by atoms with Crippen LogP contribution in [0.15, 0.2) is 11.1 Å². The van der Waals surface area contributed by atoms with Crippen molar-refractivity contribution in [2.45, 2.75) is 18.4 Å². The highest BCUT2D eigenvalue weighted by atomic mass is 32.2. The monoisotopic (exact) mass is 240 g/mol. The summed E-state index contributed by atoms with van der Waals surface area (Å²) in [5, 5.41) is 3.83. The summed E-state index contributed by atoms with van der Waals surface area (Å²) in [6, 6.07) is 0.481. The third kappa shape index (κ3) is 2.45. The Hall–Kier alpha value is -1.15. The summed E-state index contributed by atoms with van der Waals surface area (Å²) in [4.78, 5) is 2.97. The first kappa shape index (κ1) is 11.9. The Labute approximate surface area is 84.0 Å². The van der Waals surface area contributed by atoms with E-state index in [0.29, 0.717) is 6.07 Å². The van der Waals surface area contributed by atoms with Gasteiger partial charge in [-0.2, -0.15) is 4.39 Å². The lowest BCUT2D eigenvalue weighted by molar-refractivity contribution is 0.149. The Morgan fingerprint density at radius 2 is 2.00 bits per heavy atom. The standard InChI is InChI=1S/C7H7F3N2O2S/c1-3-4(6(9)10)2-5(8)12-7(3)15(11,13)14/h2,6H,1H3,(H2,11,13,14). The van der Waals surface area contributed by atoms with Crippen molar-refractivity contribution in [1.82, 2.24) is 4.98 Å². The van der Waals surface area contributed by atoms with Crippen molar-refractivity contribution in [2.75, 3.05) is 0 Å². The highest BCUT2D eigenvalue weighted by molar-refractivity contribution is 7.89. The Balaban J connectivity index is 3.56. The van der Waals surface area contributed by atoms with Crippen molar-refractivity contribution in [2.24, 2.45) is 5.14 Å². The summed E-state index contributed by atoms with van der Waals surface area (Å²) in [7, 11) is -4.30. The quantitative estimate of drug-likeness (QED) is 0.787. The van der Waals surface area contributed by atoms with Crippen LogP contribution < -0.4 is 5.14 Å². The maximum Gasteiger partial charge on any atom is 0.264 e. The van der Waals surface area contributed by atoms with E-state index in [9.17, 15) is 21.6 Å². The second kappa shape index (κ2) is 3.78. The summed E-state index contributed by atoms with van der Waals surface area (Å²) < 4.78 is 59.2. The van der Waals surface area contributed by atoms with Crippen molar-refractivity contribution >= 4 is 10.0 Å². The van der Waals surface area contributed by atoms with Crippen LogP contribution in [-0.2, 0) is 10.0 Å². The Bertz CT molecular complexity index is 487. The molecule has 0 bridgehead atoms. The van der Waals surface area contributed by atoms with Crippen molar-refractivity contribution in [3.8, 4) is 0 Å². The van der Waals surface area contributed by atoms with Gasteiger partial charge >= 0.3 is 0 Å². The summed E-state index contributed by atoms with van der Waals surface area (Å²) in [5.41, 5.74) is -1.07. The molecule has 0 saturated heterocycles. The number of rotatable bonds is 2. The lowest BCUT2D eigenvalue weighted by Gasteiger charge is -2.08. The lowest BCUT2D eigenvalue weighted by Crippen LogP contribution is -2.17. The summed E-state index contributed by atoms with van der Waals surface area (Å²) in [6.45, 7) is 1.09. The molecule has 0 atom stereocenters. The van der Waals surface area contributed by atoms with E-state index in [1.165, 1.54) is 0 Å². The zero-order chi connectivity index (χ0) is 11.8. The second-order valence-electron chi connectivity index (χ2n) is 2.81. The molecule has 2 N–H and O–H groups in total. The third-order valence-corrected chi connectivity index (χ3v) is 2.68. The van der Waals surface area contributed by atoms with Gasteiger partial charge in [0, 0.05) is 11.6 Å². The molecule has 1 heterocycles. The zero-order valence-corrected chi connectivity index (χ0v) is 8.35. The predicted molar refractivity (Wildman–Crippen MR) is 45.3 cm³/mol. The van der Waals surface area contributed by atoms with E-state index in [0.717, 1.165) is 6.92 Å². The molecule has 1 aromatic heterocycles. The summed E-state index contributed by atoms with van der Waals surface area (Å²) in [5.74, 6) is -1.31. The minimum atomic E-state index is -4.30. The van der Waals surface area contributed by atoms with Crippen molar-refractivity contribution in [3.05, 3.63) is 23.1 Å². The fraction of sp³-hybridized carbons (Fsp3) is 0.286. The Morgan fingerprint density at radius 1 is 1.47 bits per heavy atom. The van der Waals surface area contributed by atoms with Gasteiger partial charge in [0.1, 0.15) is 0 Å². The number of sulfonamides is 1. The second-order valence-corrected chi connectivity index (χ2v) is 4.29. The van der Waals surface area contributed by atoms with Gasteiger partial charge < -0.3 is 0 Å². The van der Waals surface area contributed by atoms with Crippen LogP contribution in [0.2, 0.25) is 0 Å². The molecule has 84 valence electrons. The van der Waals surface area contributed by atoms with Crippen molar-refractivity contribution < 1.29 is 21.6 Å². The molecule has 0 fully saturated rings. The summed E-state index contributed by atoms with van der Waals surface area (Å²) >= 11 is 0. The van der Waals surface area contributed by atoms with Crippen LogP contribution in [-0.4, -0.2) is 13.4 Å². The molecule has 0 spiro atoms. The number of primary sulfonamides is 1. The molecule has 15 heavy (non-hydrogen) atoms. The molecule has 0 radical (unpaired) electrons. The highest BCUT2D eigenvalue weighted by Gasteiger charge is 2.22. The molecule has 0 aliphatic heterocycles. The number of nitrogens with zero attached hydrogens (tertiary/aromatic N) is 1. The molecule has 1 rings (SSSR count). The predicted octanol–water partition coefficient (Wildman–Crippen LogP) is 1.11. The van der Waals surface area contributed by atoms with Crippen LogP contribution in [0.1, 0.15) is 17.6 Å². The van der Waals surface area contributed by atoms with Gasteiger partial charge in [0.25, 0.3) is 16.4 Å². The molecule has 0 unspecified atom stereocenters. The van der Waals surface area contributed by atoms with Gasteiger partial charge in [0.15, 0.2) is 5.03 Å². The minimum Gasteiger partial charge on any atom is -0.223 e. The van der Waals surface area contributed by atoms with Gasteiger partial charge in [-0.25, -0.2) is 27.3 Å². The van der Waals surface area contributed by atoms with Crippen LogP contribution >= 0.6 is 0 Å². The molecule has 0 aromatic carbocycles. The molecular weight excluding hydrogens is 233 g/mol. The number of pyridine rings is 1. The van der Waals surface area contributed by atoms with Gasteiger partial charge in [-0.05, 0) is 12.5 Å². The average molecular weight is 240 g/mol. The minimum absolute atomic E-state index is 0.339. The van der Waals surface area contributed by atoms with E-state index >= 15 is 0 Å². The molecular formula is C7H7F3N2O2S. The highest BCUT2D eigenvalue weighted by Crippen LogP contribution is 2.26. The first-order valence-corrected chi connectivity index (χ1v) is 5.26. The SMILES string of the molecule is Cc1c(C(F)F)cc(F)nc1S(N)(=O)=O. The fourth-order valence-corrected chi connectivity index (χ4v) is 1.84. The van der Waals surface area contributed by atoms with Crippen LogP contribution in [0.5, 0.6) is 0 Å². The maximum absolute atomic E-state index is 12.7. The van der Waals surface area contributed by atoms with Gasteiger partial charge in [0.05, 0.1) is 0 Å². The van der Waals surface area contributed by atoms with Crippen LogP contribution in [0.25, 0.3) is 0 Å². The van der Waals surface area contributed by atoms with E-state index in [4.69, 9.17) is 5.14 Å². The van der Waals surface area contributed by atoms with Gasteiger partial charge in [0.2, 0.25) is 5.95 Å². The molecule has 0 aliphatic rings. The van der Waals surface area contributed by atoms with E-state index in [1.807, 2.05) is 0 Å². The van der Waals surface area contributed by atoms with E-state index in [2.05, 4.69) is 4.98 Å². The first-order valence-electron chi connectivity index (χ1n) is 3.71. The molecule has 8 heteroatoms. The number of halogens is 3. The average Bonchev–Trinajstić information content (AvgIpc) is 2.06. The van der Waals surface area contributed by atoms with E-state index < -0.39 is 33.0 Å². The van der Waals surface area contributed by atoms with Gasteiger partial charge in [-0.15, -0.1) is 0 Å². The van der Waals surface area contributed by atoms with Crippen molar-refractivity contribution in [1.29, 1.82) is 0 Å². The molecule has 0 amide bonds. The number of aromatic nitrogens is 1. The zero-order valence-electron chi connectivity index (χ0n) is 7.54. The van der Waals surface area contributed by atoms with Gasteiger partial charge in [-0.3, -0.25) is 0 Å². The molecule has 4 nitrogen and oxygen atoms in total. The first-order chi connectivity index (χ1) is 6.73. The van der Waals surface area contributed by atoms with Gasteiger partial charge in [-0.1, -0.05) is 0 Å². The fourth-order valence-electron chi connectivity index (χ4n) is 1.08. The molecule has 0 aliphatic carbocycles. The van der Waals surface area contributed by atoms with E-state index in [1.54, 1.807) is 0 Å². The topological polar surface area (TPSA) is 73.0 Å². The number of alkyl halides is 2. The van der Waals surface area contributed by atoms with Crippen LogP contribution in [0.3, 0.4) is 0 Å². The largest absolute Gasteiger partial charge is 0.264 e. The molecule has 1 aromatic rings.